The first-order chi connectivity index (χ1) is 30.5. The molecule has 0 aromatic heterocycles. The summed E-state index contributed by atoms with van der Waals surface area (Å²) in [6.45, 7) is 26.0. The van der Waals surface area contributed by atoms with E-state index in [1.165, 1.54) is 0 Å². The van der Waals surface area contributed by atoms with E-state index in [0.29, 0.717) is 79.3 Å². The largest absolute Gasteiger partial charge is 0.501 e. The molecular formula is C40H80N6O12Si4. The maximum absolute atomic E-state index is 6.42. The van der Waals surface area contributed by atoms with Gasteiger partial charge in [-0.1, -0.05) is 0 Å². The maximum Gasteiger partial charge on any atom is 0.501 e. The molecule has 18 nitrogen and oxygen atoms in total. The summed E-state index contributed by atoms with van der Waals surface area (Å²) in [6.07, 6.45) is 6.22. The minimum absolute atomic E-state index is 0.695. The number of unbranched alkanes of at least 4 members (excludes halogenated alkanes) is 1. The molecule has 12 heterocycles. The Morgan fingerprint density at radius 3 is 0.581 bits per heavy atom. The second kappa shape index (κ2) is 25.0. The van der Waals surface area contributed by atoms with Gasteiger partial charge >= 0.3 is 35.2 Å². The predicted molar refractivity (Wildman–Crippen MR) is 240 cm³/mol. The molecule has 22 heteroatoms. The van der Waals surface area contributed by atoms with Crippen molar-refractivity contribution in [2.24, 2.45) is 0 Å². The number of fused-ring (bicyclic) bond motifs is 24. The normalized spacial score (nSPS) is 37.3. The number of hydrogen-bond donors (Lipinski definition) is 0. The Balaban J connectivity index is 0.861. The summed E-state index contributed by atoms with van der Waals surface area (Å²) in [5, 5.41) is 0. The van der Waals surface area contributed by atoms with Gasteiger partial charge in [-0.25, -0.2) is 0 Å². The van der Waals surface area contributed by atoms with Gasteiger partial charge in [-0.15, -0.1) is 0 Å². The van der Waals surface area contributed by atoms with Crippen molar-refractivity contribution in [2.45, 2.75) is 62.7 Å². The Morgan fingerprint density at radius 2 is 0.403 bits per heavy atom. The van der Waals surface area contributed by atoms with Gasteiger partial charge in [-0.05, 0) is 77.8 Å². The van der Waals surface area contributed by atoms with Gasteiger partial charge in [0.25, 0.3) is 0 Å². The topological polar surface area (TPSA) is 130 Å². The third-order valence-corrected chi connectivity index (χ3v) is 25.4. The average Bonchev–Trinajstić information content (AvgIpc) is 3.17. The van der Waals surface area contributed by atoms with Crippen molar-refractivity contribution in [3.63, 3.8) is 0 Å². The lowest BCUT2D eigenvalue weighted by Gasteiger charge is -2.39. The van der Waals surface area contributed by atoms with Crippen LogP contribution in [-0.2, 0) is 53.1 Å². The Hall–Kier alpha value is 0.148. The van der Waals surface area contributed by atoms with Crippen LogP contribution in [0.25, 0.3) is 0 Å². The van der Waals surface area contributed by atoms with Crippen molar-refractivity contribution in [1.29, 1.82) is 0 Å². The summed E-state index contributed by atoms with van der Waals surface area (Å²) >= 11 is 0. The zero-order chi connectivity index (χ0) is 42.2. The molecule has 0 atom stereocenters. The SMILES string of the molecule is C(CCN(CCC[Si]12OCCN(CCO1)CCO2)CCC[Si]12OCCN(CCO1)CCO2)CN(CCC[Si]12OCCN(CCO1)CCO2)CCC[Si]12OCCN(CCO1)CCO2. The van der Waals surface area contributed by atoms with Gasteiger partial charge in [0.15, 0.2) is 0 Å². The maximum atomic E-state index is 6.42. The van der Waals surface area contributed by atoms with Crippen LogP contribution in [-0.4, -0.2) is 262 Å². The number of nitrogens with zero attached hydrogens (tertiary/aromatic N) is 6. The standard InChI is InChI=1S/C40H80N6O12Si4/c1(7-41(9-3-37-59-47-25-13-43(14-26-48-59)15-27-49-59)10-4-38-60-50-28-16-44(17-29-51-60)18-30-52-60)2-8-42(11-5-39-61-53-31-19-45(20-32-54-61)21-33-55-61)12-6-40-62-56-34-22-46(23-35-57-62)24-36-58-62/h1-40H2. The van der Waals surface area contributed by atoms with Crippen LogP contribution < -0.4 is 0 Å². The monoisotopic (exact) mass is 948 g/mol. The molecule has 62 heavy (non-hydrogen) atoms. The fourth-order valence-electron chi connectivity index (χ4n) is 10.1. The minimum Gasteiger partial charge on any atom is -0.372 e. The summed E-state index contributed by atoms with van der Waals surface area (Å²) in [6, 6.07) is 3.45. The third-order valence-electron chi connectivity index (χ3n) is 13.8. The van der Waals surface area contributed by atoms with Crippen molar-refractivity contribution >= 4 is 35.2 Å². The van der Waals surface area contributed by atoms with Gasteiger partial charge < -0.3 is 62.9 Å². The van der Waals surface area contributed by atoms with Crippen LogP contribution in [0.5, 0.6) is 0 Å². The summed E-state index contributed by atoms with van der Waals surface area (Å²) in [5.74, 6) is 0. The van der Waals surface area contributed by atoms with E-state index < -0.39 is 35.2 Å². The average molecular weight is 949 g/mol. The molecular weight excluding hydrogens is 869 g/mol. The highest BCUT2D eigenvalue weighted by Crippen LogP contribution is 2.27. The first kappa shape index (κ1) is 48.6. The van der Waals surface area contributed by atoms with Crippen LogP contribution in [0.15, 0.2) is 0 Å². The molecule has 0 unspecified atom stereocenters. The van der Waals surface area contributed by atoms with Crippen LogP contribution >= 0.6 is 0 Å². The second-order valence-electron chi connectivity index (χ2n) is 18.1. The summed E-state index contributed by atoms with van der Waals surface area (Å²) < 4.78 is 77.0. The van der Waals surface area contributed by atoms with Gasteiger partial charge in [0, 0.05) is 103 Å². The molecule has 0 saturated carbocycles. The zero-order valence-electron chi connectivity index (χ0n) is 37.9. The predicted octanol–water partition coefficient (Wildman–Crippen LogP) is 1.20. The smallest absolute Gasteiger partial charge is 0.372 e. The molecule has 0 amide bonds. The van der Waals surface area contributed by atoms with Gasteiger partial charge in [0.2, 0.25) is 0 Å². The van der Waals surface area contributed by atoms with Gasteiger partial charge in [0.05, 0.1) is 79.3 Å². The molecule has 12 rings (SSSR count). The summed E-state index contributed by atoms with van der Waals surface area (Å²) in [4.78, 5) is 14.8. The molecule has 0 aromatic carbocycles. The molecule has 8 bridgehead atoms. The quantitative estimate of drug-likeness (QED) is 0.121. The molecule has 12 saturated heterocycles. The molecule has 0 aliphatic carbocycles. The van der Waals surface area contributed by atoms with E-state index in [-0.39, 0.29) is 0 Å². The fraction of sp³-hybridized carbons (Fsp3) is 1.00. The molecule has 0 radical (unpaired) electrons. The first-order valence-electron chi connectivity index (χ1n) is 24.5. The summed E-state index contributed by atoms with van der Waals surface area (Å²) in [5.41, 5.74) is 0. The van der Waals surface area contributed by atoms with Crippen LogP contribution in [0, 0.1) is 0 Å². The van der Waals surface area contributed by atoms with E-state index in [9.17, 15) is 0 Å². The van der Waals surface area contributed by atoms with Crippen molar-refractivity contribution in [1.82, 2.24) is 29.4 Å². The van der Waals surface area contributed by atoms with E-state index in [1.807, 2.05) is 0 Å². The van der Waals surface area contributed by atoms with Crippen molar-refractivity contribution in [3.8, 4) is 0 Å². The molecule has 12 fully saturated rings. The van der Waals surface area contributed by atoms with E-state index in [4.69, 9.17) is 53.1 Å². The van der Waals surface area contributed by atoms with E-state index in [0.717, 1.165) is 181 Å². The highest BCUT2D eigenvalue weighted by atomic mass is 28.4. The lowest BCUT2D eigenvalue weighted by atomic mass is 10.2. The van der Waals surface area contributed by atoms with E-state index >= 15 is 0 Å². The molecule has 12 aliphatic rings. The molecule has 0 aromatic rings. The molecule has 0 N–H and O–H groups in total. The van der Waals surface area contributed by atoms with Crippen LogP contribution in [0.1, 0.15) is 38.5 Å². The Bertz CT molecular complexity index is 1030. The highest BCUT2D eigenvalue weighted by molar-refractivity contribution is 6.61. The van der Waals surface area contributed by atoms with Crippen LogP contribution in [0.3, 0.4) is 0 Å². The third kappa shape index (κ3) is 14.8. The van der Waals surface area contributed by atoms with Crippen LogP contribution in [0.4, 0.5) is 0 Å². The lowest BCUT2D eigenvalue weighted by Crippen LogP contribution is -2.55. The Kier molecular flexibility index (Phi) is 19.6. The van der Waals surface area contributed by atoms with E-state index in [1.54, 1.807) is 0 Å². The molecule has 358 valence electrons. The lowest BCUT2D eigenvalue weighted by molar-refractivity contribution is -0.0100. The number of hydrogen-bond acceptors (Lipinski definition) is 18. The van der Waals surface area contributed by atoms with Crippen molar-refractivity contribution < 1.29 is 53.1 Å². The zero-order valence-corrected chi connectivity index (χ0v) is 41.9. The second-order valence-corrected chi connectivity index (χ2v) is 29.0. The molecule has 12 aliphatic heterocycles. The fourth-order valence-corrected chi connectivity index (χ4v) is 20.0. The van der Waals surface area contributed by atoms with Gasteiger partial charge in [-0.2, -0.15) is 0 Å². The minimum atomic E-state index is -2.68. The van der Waals surface area contributed by atoms with Gasteiger partial charge in [0.1, 0.15) is 0 Å². The Labute approximate surface area is 376 Å². The van der Waals surface area contributed by atoms with Crippen LogP contribution in [0.2, 0.25) is 24.2 Å². The first-order valence-corrected chi connectivity index (χ1v) is 32.2. The van der Waals surface area contributed by atoms with Gasteiger partial charge in [-0.3, -0.25) is 19.6 Å². The number of rotatable bonds is 21. The summed E-state index contributed by atoms with van der Waals surface area (Å²) in [7, 11) is -10.7. The van der Waals surface area contributed by atoms with Crippen molar-refractivity contribution in [3.05, 3.63) is 0 Å². The Morgan fingerprint density at radius 1 is 0.242 bits per heavy atom. The molecule has 0 spiro atoms. The van der Waals surface area contributed by atoms with Crippen molar-refractivity contribution in [2.75, 3.05) is 197 Å². The van der Waals surface area contributed by atoms with E-state index in [2.05, 4.69) is 29.4 Å². The highest BCUT2D eigenvalue weighted by Gasteiger charge is 2.47.